The van der Waals surface area contributed by atoms with Gasteiger partial charge in [0.1, 0.15) is 0 Å². The van der Waals surface area contributed by atoms with Crippen molar-refractivity contribution in [2.24, 2.45) is 0 Å². The first kappa shape index (κ1) is 2.54. The van der Waals surface area contributed by atoms with Gasteiger partial charge in [0.2, 0.25) is 1.43 Å². The predicted molar refractivity (Wildman–Crippen MR) is 13.6 cm³/mol. The van der Waals surface area contributed by atoms with Crippen LogP contribution in [-0.2, 0) is 0 Å². The van der Waals surface area contributed by atoms with Gasteiger partial charge in [0.25, 0.3) is 0 Å². The summed E-state index contributed by atoms with van der Waals surface area (Å²) in [4.78, 5) is 18.3. The van der Waals surface area contributed by atoms with Gasteiger partial charge in [-0.25, -0.2) is 0 Å². The summed E-state index contributed by atoms with van der Waals surface area (Å²) >= 11 is 0. The molecule has 4 heteroatoms. The maximum atomic E-state index is 7.57. The van der Waals surface area contributed by atoms with E-state index in [4.69, 9.17) is 11.2 Å². The molecule has 0 heterocycles. The summed E-state index contributed by atoms with van der Waals surface area (Å²) in [6, 6.07) is 0. The van der Waals surface area contributed by atoms with E-state index < -0.39 is 8.60 Å². The summed E-state index contributed by atoms with van der Waals surface area (Å²) in [7, 11) is -2.43. The lowest BCUT2D eigenvalue weighted by atomic mass is 15.8. The maximum Gasteiger partial charge on any atom is 0.324 e. The zero-order valence-corrected chi connectivity index (χ0v) is 2.64. The molecule has 4 heavy (non-hydrogen) atoms. The Balaban J connectivity index is 2.54. The van der Waals surface area contributed by atoms with E-state index in [1.54, 1.807) is 0 Å². The van der Waals surface area contributed by atoms with Crippen molar-refractivity contribution in [2.45, 2.75) is 0 Å². The fraction of sp³-hybridized carbons (Fsp3) is 0. The second-order valence-electron chi connectivity index (χ2n) is 0.253. The van der Waals surface area contributed by atoms with Crippen LogP contribution in [0.1, 0.15) is 0 Å². The van der Waals surface area contributed by atoms with Crippen LogP contribution in [0.4, 0.5) is 0 Å². The van der Waals surface area contributed by atoms with Crippen molar-refractivity contribution in [1.29, 1.82) is 1.43 Å². The lowest BCUT2D eigenvalue weighted by Gasteiger charge is -1.76. The Morgan fingerprint density at radius 2 is 2.00 bits per heavy atom. The molecule has 0 aliphatic rings. The van der Waals surface area contributed by atoms with Crippen LogP contribution in [0.15, 0.2) is 0 Å². The van der Waals surface area contributed by atoms with Crippen LogP contribution in [0.2, 0.25) is 0 Å². The number of rotatable bonds is 1. The third kappa shape index (κ3) is 41.3. The van der Waals surface area contributed by atoms with Crippen LogP contribution >= 0.6 is 8.60 Å². The fourth-order valence-corrected chi connectivity index (χ4v) is 0. The molecule has 0 fully saturated rings. The number of hydrogen-bond donors (Lipinski definition) is 3. The minimum atomic E-state index is -2.43. The zero-order valence-electron chi connectivity index (χ0n) is 2.75. The highest BCUT2D eigenvalue weighted by Gasteiger charge is 1.76. The van der Waals surface area contributed by atoms with Crippen molar-refractivity contribution in [2.75, 3.05) is 0 Å². The highest BCUT2D eigenvalue weighted by atomic mass is 31.2. The van der Waals surface area contributed by atoms with Crippen LogP contribution in [0, 0.1) is 0 Å². The third-order valence-corrected chi connectivity index (χ3v) is 0. The number of hydrogen-bond acceptors (Lipinski definition) is 3. The first-order chi connectivity index (χ1) is 2.27. The zero-order chi connectivity index (χ0) is 4.28. The molecule has 0 saturated carbocycles. The summed E-state index contributed by atoms with van der Waals surface area (Å²) < 4.78 is 5.69. The molecule has 0 aliphatic heterocycles. The average molecular weight is 83.0 g/mol. The molecule has 0 unspecified atom stereocenters. The molecule has 3 N–H and O–H groups in total. The van der Waals surface area contributed by atoms with Crippen molar-refractivity contribution in [3.8, 4) is 0 Å². The smallest absolute Gasteiger partial charge is 0.324 e. The Morgan fingerprint density at radius 1 is 1.75 bits per heavy atom. The fourth-order valence-electron chi connectivity index (χ4n) is 0. The molecule has 0 atom stereocenters. The van der Waals surface area contributed by atoms with E-state index in [9.17, 15) is 0 Å². The second-order valence-corrected chi connectivity index (χ2v) is 0.758. The molecule has 0 aromatic rings. The highest BCUT2D eigenvalue weighted by Crippen LogP contribution is 2.11. The van der Waals surface area contributed by atoms with E-state index in [1.807, 2.05) is 0 Å². The first-order valence-corrected chi connectivity index (χ1v) is 1.75. The van der Waals surface area contributed by atoms with Crippen molar-refractivity contribution in [1.82, 2.24) is 0 Å². The van der Waals surface area contributed by atoms with E-state index in [2.05, 4.69) is 4.90 Å². The minimum Gasteiger partial charge on any atom is -0.328 e. The molecule has 0 radical (unpaired) electrons. The van der Waals surface area contributed by atoms with E-state index in [1.165, 1.54) is 0 Å². The maximum absolute atomic E-state index is 7.57. The van der Waals surface area contributed by atoms with Gasteiger partial charge in [0.15, 0.2) is 0 Å². The van der Waals surface area contributed by atoms with Gasteiger partial charge in [-0.05, 0) is 0 Å². The highest BCUT2D eigenvalue weighted by molar-refractivity contribution is 7.38. The van der Waals surface area contributed by atoms with Crippen LogP contribution in [-0.4, -0.2) is 16.1 Å². The molecule has 0 aromatic heterocycles. The molecule has 0 spiro atoms. The Morgan fingerprint density at radius 3 is 2.00 bits per heavy atom. The lowest BCUT2D eigenvalue weighted by Crippen LogP contribution is -1.54. The monoisotopic (exact) mass is 83.0 g/mol. The Kier molecular flexibility index (Phi) is 1.02. The molecule has 0 saturated heterocycles. The van der Waals surface area contributed by atoms with Gasteiger partial charge in [-0.15, -0.1) is 0 Å². The third-order valence-electron chi connectivity index (χ3n) is 0. The molecule has 0 aromatic carbocycles. The van der Waals surface area contributed by atoms with E-state index >= 15 is 0 Å². The van der Waals surface area contributed by atoms with Crippen molar-refractivity contribution in [3.63, 3.8) is 0 Å². The van der Waals surface area contributed by atoms with Gasteiger partial charge in [-0.1, -0.05) is 0 Å². The van der Waals surface area contributed by atoms with Crippen LogP contribution < -0.4 is 0 Å². The average Bonchev–Trinajstić information content (AvgIpc) is 1.38. The minimum absolute atomic E-state index is 2.43. The Labute approximate surface area is 26.0 Å². The predicted octanol–water partition coefficient (Wildman–Crippen LogP) is -0.810. The molecule has 0 rings (SSSR count). The first-order valence-electron chi connectivity index (χ1n) is 0.991. The second kappa shape index (κ2) is 1.61. The van der Waals surface area contributed by atoms with Gasteiger partial charge >= 0.3 is 8.60 Å². The van der Waals surface area contributed by atoms with Crippen LogP contribution in [0.5, 0.6) is 0 Å². The molecule has 0 bridgehead atoms. The summed E-state index contributed by atoms with van der Waals surface area (Å²) in [5.74, 6) is 0. The van der Waals surface area contributed by atoms with Gasteiger partial charge in [0, 0.05) is 0 Å². The van der Waals surface area contributed by atoms with E-state index in [0.29, 0.717) is 0 Å². The van der Waals surface area contributed by atoms with E-state index in [0.717, 1.165) is 0 Å². The quantitative estimate of drug-likeness (QED) is 0.363. The molecule has 0 amide bonds. The normalized spacial score (nSPS) is 12.2. The van der Waals surface area contributed by atoms with Gasteiger partial charge in [-0.3, -0.25) is 0 Å². The Bertz CT molecular complexity index is 20.9. The SMILES string of the molecule is [2H]OP(O)O. The molecule has 3 nitrogen and oxygen atoms in total. The van der Waals surface area contributed by atoms with Gasteiger partial charge < -0.3 is 14.7 Å². The van der Waals surface area contributed by atoms with Crippen molar-refractivity contribution < 1.29 is 14.7 Å². The topological polar surface area (TPSA) is 60.7 Å². The summed E-state index contributed by atoms with van der Waals surface area (Å²) in [6.07, 6.45) is 0. The van der Waals surface area contributed by atoms with Crippen LogP contribution in [0.25, 0.3) is 0 Å². The largest absolute Gasteiger partial charge is 0.328 e. The summed E-state index contributed by atoms with van der Waals surface area (Å²) in [6.45, 7) is 0. The van der Waals surface area contributed by atoms with E-state index in [-0.39, 0.29) is 0 Å². The standard InChI is InChI=1S/H3O3P/c1-4(2)3/h1-3H/i1D. The molecular formula is H3O3P. The summed E-state index contributed by atoms with van der Waals surface area (Å²) in [5.41, 5.74) is 0. The molecule has 0 aliphatic carbocycles. The van der Waals surface area contributed by atoms with Crippen molar-refractivity contribution >= 4 is 8.60 Å². The summed E-state index contributed by atoms with van der Waals surface area (Å²) in [5, 5.41) is 0. The van der Waals surface area contributed by atoms with Gasteiger partial charge in [0.05, 0.1) is 0 Å². The van der Waals surface area contributed by atoms with Crippen LogP contribution in [0.3, 0.4) is 0 Å². The van der Waals surface area contributed by atoms with Crippen molar-refractivity contribution in [3.05, 3.63) is 0 Å². The van der Waals surface area contributed by atoms with Gasteiger partial charge in [-0.2, -0.15) is 0 Å². The molecular weight excluding hydrogens is 79.0 g/mol. The lowest BCUT2D eigenvalue weighted by molar-refractivity contribution is 0.368. The molecule has 26 valence electrons. The Hall–Kier alpha value is 0.310.